The first kappa shape index (κ1) is 24.3. The van der Waals surface area contributed by atoms with E-state index in [0.717, 1.165) is 43.3 Å². The number of thiazole rings is 1. The van der Waals surface area contributed by atoms with E-state index in [9.17, 15) is 13.2 Å². The van der Waals surface area contributed by atoms with Crippen LogP contribution in [0.5, 0.6) is 0 Å². The molecule has 1 aliphatic rings. The van der Waals surface area contributed by atoms with Crippen LogP contribution in [-0.2, 0) is 21.4 Å². The molecule has 1 saturated heterocycles. The summed E-state index contributed by atoms with van der Waals surface area (Å²) in [5.74, 6) is -0.112. The summed E-state index contributed by atoms with van der Waals surface area (Å²) in [5, 5.41) is 5.88. The first-order valence-electron chi connectivity index (χ1n) is 11.2. The number of hydrogen-bond donors (Lipinski definition) is 1. The number of hydrogen-bond acceptors (Lipinski definition) is 7. The Balaban J connectivity index is 1.30. The molecular weight excluding hydrogens is 470 g/mol. The minimum absolute atomic E-state index is 0.112. The normalized spacial score (nSPS) is 15.3. The van der Waals surface area contributed by atoms with Crippen molar-refractivity contribution in [3.05, 3.63) is 71.7 Å². The summed E-state index contributed by atoms with van der Waals surface area (Å²) in [4.78, 5) is 21.6. The molecule has 3 aromatic rings. The molecule has 0 unspecified atom stereocenters. The number of benzene rings is 2. The van der Waals surface area contributed by atoms with Crippen LogP contribution in [0.25, 0.3) is 0 Å². The Morgan fingerprint density at radius 2 is 1.82 bits per heavy atom. The highest BCUT2D eigenvalue weighted by Crippen LogP contribution is 2.20. The van der Waals surface area contributed by atoms with Gasteiger partial charge in [-0.1, -0.05) is 30.3 Å². The molecule has 0 saturated carbocycles. The van der Waals surface area contributed by atoms with E-state index in [0.29, 0.717) is 12.2 Å². The lowest BCUT2D eigenvalue weighted by Gasteiger charge is -2.21. The quantitative estimate of drug-likeness (QED) is 0.513. The van der Waals surface area contributed by atoms with Gasteiger partial charge in [-0.25, -0.2) is 13.4 Å². The van der Waals surface area contributed by atoms with Crippen molar-refractivity contribution in [1.29, 1.82) is 0 Å². The van der Waals surface area contributed by atoms with Gasteiger partial charge < -0.3 is 10.2 Å². The van der Waals surface area contributed by atoms with Crippen LogP contribution in [0.1, 0.15) is 12.0 Å². The highest BCUT2D eigenvalue weighted by molar-refractivity contribution is 7.89. The van der Waals surface area contributed by atoms with Crippen molar-refractivity contribution in [2.75, 3.05) is 50.0 Å². The number of amides is 1. The Hall–Kier alpha value is -2.79. The largest absolute Gasteiger partial charge is 0.347 e. The zero-order chi connectivity index (χ0) is 24.0. The molecule has 1 N–H and O–H groups in total. The number of nitrogens with zero attached hydrogens (tertiary/aromatic N) is 4. The number of anilines is 2. The van der Waals surface area contributed by atoms with E-state index in [4.69, 9.17) is 0 Å². The number of sulfonamides is 1. The van der Waals surface area contributed by atoms with Crippen molar-refractivity contribution in [1.82, 2.24) is 14.2 Å². The van der Waals surface area contributed by atoms with Gasteiger partial charge in [0.05, 0.1) is 11.4 Å². The third kappa shape index (κ3) is 6.20. The Morgan fingerprint density at radius 3 is 2.53 bits per heavy atom. The maximum absolute atomic E-state index is 12.9. The molecule has 0 radical (unpaired) electrons. The average Bonchev–Trinajstić information content (AvgIpc) is 3.27. The molecule has 1 aliphatic heterocycles. The second-order valence-electron chi connectivity index (χ2n) is 8.25. The summed E-state index contributed by atoms with van der Waals surface area (Å²) in [6, 6.07) is 15.8. The summed E-state index contributed by atoms with van der Waals surface area (Å²) in [6.07, 6.45) is 2.78. The molecule has 10 heteroatoms. The van der Waals surface area contributed by atoms with Gasteiger partial charge in [-0.2, -0.15) is 4.31 Å². The van der Waals surface area contributed by atoms with E-state index in [1.54, 1.807) is 30.5 Å². The van der Waals surface area contributed by atoms with Gasteiger partial charge in [0.25, 0.3) is 0 Å². The SMILES string of the molecule is CN(Cc1ccccc1)S(=O)(=O)c1ccc(NC(=O)CN2CCCN(c3nccs3)CC2)cc1. The second kappa shape index (κ2) is 11.1. The fourth-order valence-corrected chi connectivity index (χ4v) is 5.77. The third-order valence-corrected chi connectivity index (χ3v) is 8.39. The molecule has 1 amide bonds. The second-order valence-corrected chi connectivity index (χ2v) is 11.2. The van der Waals surface area contributed by atoms with Crippen LogP contribution in [0.2, 0.25) is 0 Å². The highest BCUT2D eigenvalue weighted by Gasteiger charge is 2.22. The van der Waals surface area contributed by atoms with E-state index in [1.807, 2.05) is 41.9 Å². The van der Waals surface area contributed by atoms with Crippen molar-refractivity contribution in [3.63, 3.8) is 0 Å². The third-order valence-electron chi connectivity index (χ3n) is 5.74. The fourth-order valence-electron chi connectivity index (χ4n) is 3.91. The van der Waals surface area contributed by atoms with Gasteiger partial charge in [-0.15, -0.1) is 11.3 Å². The van der Waals surface area contributed by atoms with E-state index < -0.39 is 10.0 Å². The molecule has 34 heavy (non-hydrogen) atoms. The van der Waals surface area contributed by atoms with Crippen LogP contribution in [0.3, 0.4) is 0 Å². The smallest absolute Gasteiger partial charge is 0.243 e. The zero-order valence-corrected chi connectivity index (χ0v) is 20.8. The van der Waals surface area contributed by atoms with Crippen LogP contribution >= 0.6 is 11.3 Å². The van der Waals surface area contributed by atoms with Crippen molar-refractivity contribution in [2.24, 2.45) is 0 Å². The van der Waals surface area contributed by atoms with Crippen LogP contribution in [0, 0.1) is 0 Å². The lowest BCUT2D eigenvalue weighted by Crippen LogP contribution is -2.36. The van der Waals surface area contributed by atoms with Gasteiger partial charge in [0.15, 0.2) is 5.13 Å². The van der Waals surface area contributed by atoms with E-state index >= 15 is 0 Å². The van der Waals surface area contributed by atoms with Crippen molar-refractivity contribution in [3.8, 4) is 0 Å². The minimum atomic E-state index is -3.63. The standard InChI is InChI=1S/C24H29N5O3S2/c1-27(18-20-6-3-2-4-7-20)34(31,32)22-10-8-21(9-11-22)26-23(30)19-28-13-5-14-29(16-15-28)24-25-12-17-33-24/h2-4,6-12,17H,5,13-16,18-19H2,1H3,(H,26,30). The first-order chi connectivity index (χ1) is 16.4. The predicted molar refractivity (Wildman–Crippen MR) is 136 cm³/mol. The van der Waals surface area contributed by atoms with E-state index in [2.05, 4.69) is 20.1 Å². The van der Waals surface area contributed by atoms with Crippen LogP contribution < -0.4 is 10.2 Å². The molecule has 180 valence electrons. The number of aromatic nitrogens is 1. The van der Waals surface area contributed by atoms with Gasteiger partial charge >= 0.3 is 0 Å². The number of nitrogens with one attached hydrogen (secondary N) is 1. The summed E-state index contributed by atoms with van der Waals surface area (Å²) >= 11 is 1.63. The van der Waals surface area contributed by atoms with Crippen molar-refractivity contribution < 1.29 is 13.2 Å². The van der Waals surface area contributed by atoms with Crippen molar-refractivity contribution >= 4 is 38.1 Å². The van der Waals surface area contributed by atoms with Gasteiger partial charge in [0.1, 0.15) is 0 Å². The van der Waals surface area contributed by atoms with Crippen LogP contribution in [-0.4, -0.2) is 68.3 Å². The maximum atomic E-state index is 12.9. The summed E-state index contributed by atoms with van der Waals surface area (Å²) in [5.41, 5.74) is 1.50. The lowest BCUT2D eigenvalue weighted by atomic mass is 10.2. The summed E-state index contributed by atoms with van der Waals surface area (Å²) in [6.45, 7) is 3.99. The topological polar surface area (TPSA) is 85.8 Å². The number of carbonyl (C=O) groups is 1. The molecule has 2 aromatic carbocycles. The Bertz CT molecular complexity index is 1170. The Morgan fingerprint density at radius 1 is 1.06 bits per heavy atom. The summed E-state index contributed by atoms with van der Waals surface area (Å²) in [7, 11) is -2.07. The van der Waals surface area contributed by atoms with Gasteiger partial charge in [0, 0.05) is 57.0 Å². The van der Waals surface area contributed by atoms with Crippen LogP contribution in [0.15, 0.2) is 71.1 Å². The molecule has 0 spiro atoms. The molecule has 8 nitrogen and oxygen atoms in total. The average molecular weight is 500 g/mol. The molecule has 0 bridgehead atoms. The molecule has 0 atom stereocenters. The lowest BCUT2D eigenvalue weighted by molar-refractivity contribution is -0.117. The highest BCUT2D eigenvalue weighted by atomic mass is 32.2. The zero-order valence-electron chi connectivity index (χ0n) is 19.1. The van der Waals surface area contributed by atoms with Crippen molar-refractivity contribution in [2.45, 2.75) is 17.9 Å². The number of rotatable bonds is 8. The molecule has 2 heterocycles. The maximum Gasteiger partial charge on any atom is 0.243 e. The monoisotopic (exact) mass is 499 g/mol. The molecule has 0 aliphatic carbocycles. The van der Waals surface area contributed by atoms with Crippen LogP contribution in [0.4, 0.5) is 10.8 Å². The minimum Gasteiger partial charge on any atom is -0.347 e. The molecule has 4 rings (SSSR count). The van der Waals surface area contributed by atoms with Gasteiger partial charge in [-0.3, -0.25) is 9.69 Å². The summed E-state index contributed by atoms with van der Waals surface area (Å²) < 4.78 is 27.1. The molecule has 1 fully saturated rings. The Labute approximate surface area is 204 Å². The van der Waals surface area contributed by atoms with E-state index in [1.165, 1.54) is 16.4 Å². The van der Waals surface area contributed by atoms with Gasteiger partial charge in [-0.05, 0) is 36.2 Å². The molecular formula is C24H29N5O3S2. The number of carbonyl (C=O) groups excluding carboxylic acids is 1. The molecule has 1 aromatic heterocycles. The van der Waals surface area contributed by atoms with Gasteiger partial charge in [0.2, 0.25) is 15.9 Å². The predicted octanol–water partition coefficient (Wildman–Crippen LogP) is 3.11. The van der Waals surface area contributed by atoms with E-state index in [-0.39, 0.29) is 17.3 Å². The Kier molecular flexibility index (Phi) is 7.94. The fraction of sp³-hybridized carbons (Fsp3) is 0.333. The first-order valence-corrected chi connectivity index (χ1v) is 13.5.